The number of amides is 2. The Morgan fingerprint density at radius 1 is 1.14 bits per heavy atom. The Bertz CT molecular complexity index is 1750. The Hall–Kier alpha value is -4.19. The van der Waals surface area contributed by atoms with Crippen LogP contribution < -0.4 is 0 Å². The van der Waals surface area contributed by atoms with Crippen LogP contribution in [-0.4, -0.2) is 44.7 Å². The number of cyclic esters (lactones) is 1. The predicted octanol–water partition coefficient (Wildman–Crippen LogP) is 7.64. The number of halogens is 1. The van der Waals surface area contributed by atoms with Gasteiger partial charge in [0.1, 0.15) is 12.3 Å². The molecule has 5 rings (SSSR count). The molecule has 1 aliphatic rings. The largest absolute Gasteiger partial charge is 0.447 e. The Balaban J connectivity index is 1.75. The fourth-order valence-electron chi connectivity index (χ4n) is 5.95. The molecule has 0 radical (unpaired) electrons. The van der Waals surface area contributed by atoms with E-state index in [-0.39, 0.29) is 6.61 Å². The van der Waals surface area contributed by atoms with Crippen molar-refractivity contribution in [2.75, 3.05) is 6.61 Å². The van der Waals surface area contributed by atoms with Crippen molar-refractivity contribution >= 4 is 34.6 Å². The summed E-state index contributed by atoms with van der Waals surface area (Å²) in [7, 11) is 0. The van der Waals surface area contributed by atoms with Crippen molar-refractivity contribution < 1.29 is 19.1 Å². The standard InChI is InChI=1S/C35H37ClN4O4/c1-21-23(3)39(18-10-17-37)32-28(21)30(25-13-15-26(36)16-14-25)29(22(2)38-32)31(44-35(4,5)6)33(41)40-27(20-43-34(40)42)19-24-11-8-7-9-12-24/h7-9,11-16,27,31H,10,18-20H2,1-6H3/t27-,31+/m1/s1. The third-order valence-corrected chi connectivity index (χ3v) is 8.29. The minimum atomic E-state index is -1.16. The number of hydrogen-bond acceptors (Lipinski definition) is 6. The fourth-order valence-corrected chi connectivity index (χ4v) is 6.07. The van der Waals surface area contributed by atoms with Gasteiger partial charge in [0.2, 0.25) is 0 Å². The monoisotopic (exact) mass is 612 g/mol. The molecule has 0 N–H and O–H groups in total. The molecule has 0 saturated carbocycles. The van der Waals surface area contributed by atoms with Crippen molar-refractivity contribution in [2.45, 2.75) is 78.7 Å². The fraction of sp³-hybridized carbons (Fsp3) is 0.371. The van der Waals surface area contributed by atoms with Crippen molar-refractivity contribution in [3.8, 4) is 17.2 Å². The van der Waals surface area contributed by atoms with Crippen LogP contribution in [0.25, 0.3) is 22.2 Å². The maximum Gasteiger partial charge on any atom is 0.417 e. The molecule has 2 aromatic carbocycles. The number of rotatable bonds is 8. The number of fused-ring (bicyclic) bond motifs is 1. The zero-order valence-electron chi connectivity index (χ0n) is 26.0. The molecule has 2 amide bonds. The quantitative estimate of drug-likeness (QED) is 0.203. The molecule has 0 aliphatic carbocycles. The second-order valence-electron chi connectivity index (χ2n) is 12.2. The molecule has 8 nitrogen and oxygen atoms in total. The van der Waals surface area contributed by atoms with E-state index in [0.717, 1.165) is 39.0 Å². The molecule has 1 aliphatic heterocycles. The number of imide groups is 1. The van der Waals surface area contributed by atoms with Gasteiger partial charge in [-0.2, -0.15) is 5.26 Å². The molecule has 0 bridgehead atoms. The molecule has 2 aromatic heterocycles. The molecule has 4 aromatic rings. The lowest BCUT2D eigenvalue weighted by Crippen LogP contribution is -2.45. The number of nitriles is 1. The van der Waals surface area contributed by atoms with E-state index in [2.05, 4.69) is 10.6 Å². The first-order chi connectivity index (χ1) is 20.9. The summed E-state index contributed by atoms with van der Waals surface area (Å²) >= 11 is 6.31. The average molecular weight is 613 g/mol. The SMILES string of the molecule is Cc1nc2c(c(C)c(C)n2CCC#N)c(-c2ccc(Cl)cc2)c1[C@H](OC(C)(C)C)C(=O)N1C(=O)OC[C@H]1Cc1ccccc1. The van der Waals surface area contributed by atoms with E-state index in [1.807, 2.05) is 96.1 Å². The highest BCUT2D eigenvalue weighted by atomic mass is 35.5. The van der Waals surface area contributed by atoms with Gasteiger partial charge in [-0.05, 0) is 76.8 Å². The Kier molecular flexibility index (Phi) is 8.83. The second kappa shape index (κ2) is 12.4. The maximum absolute atomic E-state index is 14.7. The van der Waals surface area contributed by atoms with Crippen LogP contribution >= 0.6 is 11.6 Å². The minimum Gasteiger partial charge on any atom is -0.447 e. The Morgan fingerprint density at radius 2 is 1.82 bits per heavy atom. The molecule has 9 heteroatoms. The molecule has 44 heavy (non-hydrogen) atoms. The highest BCUT2D eigenvalue weighted by molar-refractivity contribution is 6.30. The van der Waals surface area contributed by atoms with Gasteiger partial charge < -0.3 is 14.0 Å². The number of pyridine rings is 1. The second-order valence-corrected chi connectivity index (χ2v) is 12.6. The van der Waals surface area contributed by atoms with Gasteiger partial charge in [0.25, 0.3) is 5.91 Å². The van der Waals surface area contributed by atoms with Crippen molar-refractivity contribution in [2.24, 2.45) is 0 Å². The molecule has 3 heterocycles. The summed E-state index contributed by atoms with van der Waals surface area (Å²) in [6, 6.07) is 18.9. The molecule has 1 saturated heterocycles. The number of aryl methyl sites for hydroxylation is 3. The van der Waals surface area contributed by atoms with Crippen LogP contribution in [0.15, 0.2) is 54.6 Å². The maximum atomic E-state index is 14.7. The lowest BCUT2D eigenvalue weighted by atomic mass is 9.90. The van der Waals surface area contributed by atoms with Gasteiger partial charge in [-0.25, -0.2) is 14.7 Å². The van der Waals surface area contributed by atoms with Crippen molar-refractivity contribution in [1.82, 2.24) is 14.5 Å². The molecule has 228 valence electrons. The third kappa shape index (κ3) is 6.08. The smallest absolute Gasteiger partial charge is 0.417 e. The van der Waals surface area contributed by atoms with Gasteiger partial charge in [-0.1, -0.05) is 54.1 Å². The zero-order valence-corrected chi connectivity index (χ0v) is 26.7. The summed E-state index contributed by atoms with van der Waals surface area (Å²) in [5.74, 6) is -0.499. The molecular formula is C35H37ClN4O4. The van der Waals surface area contributed by atoms with Crippen LogP contribution in [0, 0.1) is 32.1 Å². The first kappa shape index (κ1) is 31.2. The number of carbonyl (C=O) groups excluding carboxylic acids is 2. The zero-order chi connectivity index (χ0) is 31.8. The van der Waals surface area contributed by atoms with E-state index in [1.54, 1.807) is 0 Å². The lowest BCUT2D eigenvalue weighted by molar-refractivity contribution is -0.152. The van der Waals surface area contributed by atoms with E-state index < -0.39 is 29.7 Å². The normalized spacial score (nSPS) is 15.8. The van der Waals surface area contributed by atoms with E-state index in [9.17, 15) is 14.9 Å². The van der Waals surface area contributed by atoms with Crippen LogP contribution in [0.4, 0.5) is 4.79 Å². The molecule has 1 fully saturated rings. The average Bonchev–Trinajstić information content (AvgIpc) is 3.45. The van der Waals surface area contributed by atoms with Crippen LogP contribution in [0.1, 0.15) is 61.4 Å². The molecule has 0 spiro atoms. The summed E-state index contributed by atoms with van der Waals surface area (Å²) < 4.78 is 14.1. The van der Waals surface area contributed by atoms with Gasteiger partial charge in [0.15, 0.2) is 6.10 Å². The Labute approximate surface area is 263 Å². The lowest BCUT2D eigenvalue weighted by Gasteiger charge is -2.32. The minimum absolute atomic E-state index is 0.0993. The van der Waals surface area contributed by atoms with E-state index in [4.69, 9.17) is 26.1 Å². The van der Waals surface area contributed by atoms with Gasteiger partial charge in [-0.3, -0.25) is 4.79 Å². The highest BCUT2D eigenvalue weighted by Gasteiger charge is 2.44. The first-order valence-electron chi connectivity index (χ1n) is 14.8. The van der Waals surface area contributed by atoms with Gasteiger partial charge in [0, 0.05) is 39.5 Å². The van der Waals surface area contributed by atoms with Gasteiger partial charge in [-0.15, -0.1) is 0 Å². The predicted molar refractivity (Wildman–Crippen MR) is 170 cm³/mol. The summed E-state index contributed by atoms with van der Waals surface area (Å²) in [4.78, 5) is 34.1. The number of aromatic nitrogens is 2. The van der Waals surface area contributed by atoms with Gasteiger partial charge in [0.05, 0.1) is 24.1 Å². The number of benzene rings is 2. The van der Waals surface area contributed by atoms with Crippen molar-refractivity contribution in [3.63, 3.8) is 0 Å². The molecule has 2 atom stereocenters. The number of nitrogens with zero attached hydrogens (tertiary/aromatic N) is 4. The topological polar surface area (TPSA) is 97.5 Å². The number of ether oxygens (including phenoxy) is 2. The third-order valence-electron chi connectivity index (χ3n) is 8.04. The van der Waals surface area contributed by atoms with Gasteiger partial charge >= 0.3 is 6.09 Å². The highest BCUT2D eigenvalue weighted by Crippen LogP contribution is 2.43. The Morgan fingerprint density at radius 3 is 2.45 bits per heavy atom. The van der Waals surface area contributed by atoms with Crippen LogP contribution in [0.2, 0.25) is 5.02 Å². The van der Waals surface area contributed by atoms with E-state index in [0.29, 0.717) is 35.7 Å². The van der Waals surface area contributed by atoms with E-state index >= 15 is 0 Å². The van der Waals surface area contributed by atoms with Crippen molar-refractivity contribution in [1.29, 1.82) is 5.26 Å². The summed E-state index contributed by atoms with van der Waals surface area (Å²) in [5, 5.41) is 10.8. The van der Waals surface area contributed by atoms with Crippen LogP contribution in [0.5, 0.6) is 0 Å². The molecule has 0 unspecified atom stereocenters. The van der Waals surface area contributed by atoms with E-state index in [1.165, 1.54) is 4.90 Å². The van der Waals surface area contributed by atoms with Crippen LogP contribution in [0.3, 0.4) is 0 Å². The summed E-state index contributed by atoms with van der Waals surface area (Å²) in [5.41, 5.74) is 5.74. The molecular weight excluding hydrogens is 576 g/mol. The number of carbonyl (C=O) groups is 2. The van der Waals surface area contributed by atoms with Crippen molar-refractivity contribution in [3.05, 3.63) is 87.7 Å². The van der Waals surface area contributed by atoms with Crippen LogP contribution in [-0.2, 0) is 27.2 Å². The first-order valence-corrected chi connectivity index (χ1v) is 15.1. The summed E-state index contributed by atoms with van der Waals surface area (Å²) in [6.07, 6.45) is -1.06. The summed E-state index contributed by atoms with van der Waals surface area (Å²) in [6.45, 7) is 12.1. The number of hydrogen-bond donors (Lipinski definition) is 0.